The number of carbonyl (C=O) groups is 2. The summed E-state index contributed by atoms with van der Waals surface area (Å²) in [5.41, 5.74) is 1.16. The first-order chi connectivity index (χ1) is 11.9. The lowest BCUT2D eigenvalue weighted by atomic mass is 9.76. The van der Waals surface area contributed by atoms with Gasteiger partial charge in [0.1, 0.15) is 11.6 Å². The first-order valence-corrected chi connectivity index (χ1v) is 8.27. The Labute approximate surface area is 149 Å². The van der Waals surface area contributed by atoms with Gasteiger partial charge < -0.3 is 0 Å². The number of ketones is 2. The highest BCUT2D eigenvalue weighted by Crippen LogP contribution is 2.28. The second-order valence-corrected chi connectivity index (χ2v) is 6.82. The minimum Gasteiger partial charge on any atom is -0.299 e. The molecule has 0 radical (unpaired) electrons. The first kappa shape index (κ1) is 18.4. The maximum Gasteiger partial charge on any atom is 0.150 e. The zero-order valence-corrected chi connectivity index (χ0v) is 14.6. The largest absolute Gasteiger partial charge is 0.299 e. The van der Waals surface area contributed by atoms with Crippen molar-refractivity contribution in [1.29, 1.82) is 5.26 Å². The van der Waals surface area contributed by atoms with Crippen LogP contribution in [0.2, 0.25) is 0 Å². The SMILES string of the molecule is C#CC1=CCC(CC(=O)C(C)(C)C(=O)Cc2ccc(C#N)cc2)C=C1. The number of hydrogen-bond acceptors (Lipinski definition) is 3. The lowest BCUT2D eigenvalue weighted by Crippen LogP contribution is -2.35. The van der Waals surface area contributed by atoms with E-state index in [9.17, 15) is 9.59 Å². The molecule has 126 valence electrons. The Morgan fingerprint density at radius 3 is 2.44 bits per heavy atom. The van der Waals surface area contributed by atoms with Crippen LogP contribution in [0, 0.1) is 35.0 Å². The van der Waals surface area contributed by atoms with Gasteiger partial charge in [0.2, 0.25) is 0 Å². The zero-order valence-electron chi connectivity index (χ0n) is 14.6. The van der Waals surface area contributed by atoms with Crippen molar-refractivity contribution in [3.63, 3.8) is 0 Å². The highest BCUT2D eigenvalue weighted by molar-refractivity contribution is 6.07. The number of Topliss-reactive ketones (excluding diaryl/α,β-unsaturated/α-hetero) is 2. The summed E-state index contributed by atoms with van der Waals surface area (Å²) in [6.07, 6.45) is 12.3. The summed E-state index contributed by atoms with van der Waals surface area (Å²) in [7, 11) is 0. The fourth-order valence-electron chi connectivity index (χ4n) is 2.68. The number of rotatable bonds is 6. The van der Waals surface area contributed by atoms with E-state index < -0.39 is 5.41 Å². The van der Waals surface area contributed by atoms with Crippen LogP contribution < -0.4 is 0 Å². The monoisotopic (exact) mass is 331 g/mol. The van der Waals surface area contributed by atoms with Crippen molar-refractivity contribution in [2.24, 2.45) is 11.3 Å². The third-order valence-corrected chi connectivity index (χ3v) is 4.64. The van der Waals surface area contributed by atoms with E-state index >= 15 is 0 Å². The number of hydrogen-bond donors (Lipinski definition) is 0. The molecule has 1 aliphatic carbocycles. The number of nitriles is 1. The molecular formula is C22H21NO2. The normalized spacial score (nSPS) is 16.5. The minimum atomic E-state index is -1.03. The fraction of sp³-hybridized carbons (Fsp3) is 0.318. The fourth-order valence-corrected chi connectivity index (χ4v) is 2.68. The van der Waals surface area contributed by atoms with Gasteiger partial charge in [-0.3, -0.25) is 9.59 Å². The third kappa shape index (κ3) is 4.55. The number of carbonyl (C=O) groups excluding carboxylic acids is 2. The average Bonchev–Trinajstić information content (AvgIpc) is 2.62. The van der Waals surface area contributed by atoms with E-state index in [2.05, 4.69) is 5.92 Å². The number of allylic oxidation sites excluding steroid dienone is 4. The molecule has 1 aromatic rings. The second kappa shape index (κ2) is 7.77. The molecule has 0 aliphatic heterocycles. The van der Waals surface area contributed by atoms with Crippen LogP contribution in [0.5, 0.6) is 0 Å². The number of nitrogens with zero attached hydrogens (tertiary/aromatic N) is 1. The maximum atomic E-state index is 12.7. The quantitative estimate of drug-likeness (QED) is 0.588. The third-order valence-electron chi connectivity index (χ3n) is 4.64. The van der Waals surface area contributed by atoms with Crippen molar-refractivity contribution in [1.82, 2.24) is 0 Å². The van der Waals surface area contributed by atoms with Crippen molar-refractivity contribution in [3.05, 3.63) is 59.2 Å². The molecule has 3 nitrogen and oxygen atoms in total. The summed E-state index contributed by atoms with van der Waals surface area (Å²) in [4.78, 5) is 25.3. The Morgan fingerprint density at radius 2 is 1.92 bits per heavy atom. The van der Waals surface area contributed by atoms with E-state index in [0.29, 0.717) is 12.0 Å². The van der Waals surface area contributed by atoms with Crippen LogP contribution in [0.1, 0.15) is 37.8 Å². The topological polar surface area (TPSA) is 57.9 Å². The van der Waals surface area contributed by atoms with Gasteiger partial charge in [-0.25, -0.2) is 0 Å². The molecule has 1 atom stereocenters. The average molecular weight is 331 g/mol. The van der Waals surface area contributed by atoms with Crippen molar-refractivity contribution in [2.75, 3.05) is 0 Å². The summed E-state index contributed by atoms with van der Waals surface area (Å²) in [6, 6.07) is 8.92. The summed E-state index contributed by atoms with van der Waals surface area (Å²) >= 11 is 0. The predicted molar refractivity (Wildman–Crippen MR) is 97.4 cm³/mol. The van der Waals surface area contributed by atoms with Crippen molar-refractivity contribution < 1.29 is 9.59 Å². The standard InChI is InChI=1S/C22H21NO2/c1-4-16-5-7-17(8-6-16)13-20(24)22(2,3)21(25)14-18-9-11-19(15-23)12-10-18/h1,5-7,9-12,17H,8,13-14H2,2-3H3. The molecule has 0 saturated carbocycles. The van der Waals surface area contributed by atoms with Gasteiger partial charge in [-0.2, -0.15) is 5.26 Å². The van der Waals surface area contributed by atoms with Crippen molar-refractivity contribution in [2.45, 2.75) is 33.1 Å². The molecule has 0 amide bonds. The molecule has 0 spiro atoms. The lowest BCUT2D eigenvalue weighted by Gasteiger charge is -2.24. The van der Waals surface area contributed by atoms with Crippen LogP contribution >= 0.6 is 0 Å². The Morgan fingerprint density at radius 1 is 1.24 bits per heavy atom. The van der Waals surface area contributed by atoms with Crippen LogP contribution in [0.15, 0.2) is 48.1 Å². The van der Waals surface area contributed by atoms with Crippen molar-refractivity contribution >= 4 is 11.6 Å². The summed E-state index contributed by atoms with van der Waals surface area (Å²) in [5.74, 6) is 2.50. The highest BCUT2D eigenvalue weighted by atomic mass is 16.2. The van der Waals surface area contributed by atoms with Gasteiger partial charge in [0.25, 0.3) is 0 Å². The molecule has 25 heavy (non-hydrogen) atoms. The van der Waals surface area contributed by atoms with E-state index in [1.54, 1.807) is 38.1 Å². The van der Waals surface area contributed by atoms with Crippen LogP contribution in [0.3, 0.4) is 0 Å². The molecule has 2 rings (SSSR count). The Bertz CT molecular complexity index is 811. The van der Waals surface area contributed by atoms with Gasteiger partial charge in [-0.05, 0) is 43.9 Å². The predicted octanol–water partition coefficient (Wildman–Crippen LogP) is 3.79. The zero-order chi connectivity index (χ0) is 18.4. The van der Waals surface area contributed by atoms with Crippen LogP contribution in [0.25, 0.3) is 0 Å². The molecule has 3 heteroatoms. The molecule has 0 N–H and O–H groups in total. The van der Waals surface area contributed by atoms with Crippen LogP contribution in [-0.4, -0.2) is 11.6 Å². The van der Waals surface area contributed by atoms with Gasteiger partial charge in [-0.15, -0.1) is 6.42 Å². The Balaban J connectivity index is 1.99. The van der Waals surface area contributed by atoms with Crippen LogP contribution in [-0.2, 0) is 16.0 Å². The van der Waals surface area contributed by atoms with E-state index in [4.69, 9.17) is 11.7 Å². The second-order valence-electron chi connectivity index (χ2n) is 6.82. The first-order valence-electron chi connectivity index (χ1n) is 8.27. The van der Waals surface area contributed by atoms with E-state index in [1.807, 2.05) is 24.3 Å². The molecule has 0 saturated heterocycles. The molecule has 0 fully saturated rings. The lowest BCUT2D eigenvalue weighted by molar-refractivity contribution is -0.138. The number of benzene rings is 1. The highest BCUT2D eigenvalue weighted by Gasteiger charge is 2.35. The molecule has 0 bridgehead atoms. The molecule has 1 unspecified atom stereocenters. The summed E-state index contributed by atoms with van der Waals surface area (Å²) in [6.45, 7) is 3.38. The Hall–Kier alpha value is -2.91. The van der Waals surface area contributed by atoms with Gasteiger partial charge in [0.15, 0.2) is 0 Å². The number of terminal acetylenes is 1. The van der Waals surface area contributed by atoms with E-state index in [1.165, 1.54) is 0 Å². The molecular weight excluding hydrogens is 310 g/mol. The Kier molecular flexibility index (Phi) is 5.73. The van der Waals surface area contributed by atoms with E-state index in [0.717, 1.165) is 17.6 Å². The van der Waals surface area contributed by atoms with Gasteiger partial charge in [-0.1, -0.05) is 36.3 Å². The van der Waals surface area contributed by atoms with Gasteiger partial charge >= 0.3 is 0 Å². The van der Waals surface area contributed by atoms with Crippen molar-refractivity contribution in [3.8, 4) is 18.4 Å². The molecule has 1 aliphatic rings. The smallest absolute Gasteiger partial charge is 0.150 e. The van der Waals surface area contributed by atoms with E-state index in [-0.39, 0.29) is 23.9 Å². The summed E-state index contributed by atoms with van der Waals surface area (Å²) < 4.78 is 0. The van der Waals surface area contributed by atoms with Crippen LogP contribution in [0.4, 0.5) is 0 Å². The molecule has 1 aromatic carbocycles. The minimum absolute atomic E-state index is 0.0571. The molecule has 0 heterocycles. The van der Waals surface area contributed by atoms with Gasteiger partial charge in [0.05, 0.1) is 17.0 Å². The van der Waals surface area contributed by atoms with Gasteiger partial charge in [0, 0.05) is 18.4 Å². The maximum absolute atomic E-state index is 12.7. The summed E-state index contributed by atoms with van der Waals surface area (Å²) in [5, 5.41) is 8.82. The molecule has 0 aromatic heterocycles.